The van der Waals surface area contributed by atoms with Gasteiger partial charge in [-0.15, -0.1) is 0 Å². The number of hydrogen-bond acceptors (Lipinski definition) is 4. The molecule has 1 aliphatic heterocycles. The van der Waals surface area contributed by atoms with Gasteiger partial charge < -0.3 is 25.0 Å². The second kappa shape index (κ2) is 11.3. The summed E-state index contributed by atoms with van der Waals surface area (Å²) < 4.78 is 35.1. The van der Waals surface area contributed by atoms with Gasteiger partial charge in [0.15, 0.2) is 5.96 Å². The molecule has 0 saturated heterocycles. The third kappa shape index (κ3) is 6.09. The number of para-hydroxylation sites is 1. The summed E-state index contributed by atoms with van der Waals surface area (Å²) in [5.74, 6) is 1.20. The summed E-state index contributed by atoms with van der Waals surface area (Å²) in [7, 11) is 3.12. The molecule has 0 bridgehead atoms. The first kappa shape index (κ1) is 23.3. The van der Waals surface area contributed by atoms with Crippen molar-refractivity contribution in [1.82, 2.24) is 10.6 Å². The lowest BCUT2D eigenvalue weighted by Gasteiger charge is -2.18. The summed E-state index contributed by atoms with van der Waals surface area (Å²) >= 11 is 0. The van der Waals surface area contributed by atoms with Crippen LogP contribution in [0.5, 0.6) is 11.5 Å². The highest BCUT2D eigenvalue weighted by Crippen LogP contribution is 2.28. The molecule has 0 unspecified atom stereocenters. The van der Waals surface area contributed by atoms with E-state index in [1.807, 2.05) is 23.1 Å². The maximum absolute atomic E-state index is 12.7. The monoisotopic (exact) mass is 446 g/mol. The molecule has 172 valence electrons. The molecule has 1 amide bonds. The number of halogens is 2. The highest BCUT2D eigenvalue weighted by Gasteiger charge is 2.23. The number of guanidine groups is 1. The highest BCUT2D eigenvalue weighted by atomic mass is 19.3. The van der Waals surface area contributed by atoms with Crippen molar-refractivity contribution in [2.24, 2.45) is 4.99 Å². The predicted molar refractivity (Wildman–Crippen MR) is 120 cm³/mol. The molecule has 0 saturated carbocycles. The summed E-state index contributed by atoms with van der Waals surface area (Å²) in [6.07, 6.45) is 1.94. The Labute approximate surface area is 186 Å². The van der Waals surface area contributed by atoms with Gasteiger partial charge in [0.1, 0.15) is 11.5 Å². The van der Waals surface area contributed by atoms with E-state index in [1.165, 1.54) is 18.7 Å². The first-order chi connectivity index (χ1) is 15.5. The molecule has 1 heterocycles. The molecule has 2 aromatic carbocycles. The SMILES string of the molecule is CN=C(NCCCC(=O)N1CCc2ccccc21)NCc1cc(OC)ccc1OC(F)F. The van der Waals surface area contributed by atoms with E-state index in [9.17, 15) is 13.6 Å². The number of benzene rings is 2. The van der Waals surface area contributed by atoms with Crippen molar-refractivity contribution in [2.75, 3.05) is 32.1 Å². The molecule has 1 aliphatic rings. The van der Waals surface area contributed by atoms with Crippen molar-refractivity contribution in [3.05, 3.63) is 53.6 Å². The minimum Gasteiger partial charge on any atom is -0.497 e. The van der Waals surface area contributed by atoms with Gasteiger partial charge >= 0.3 is 6.61 Å². The fourth-order valence-corrected chi connectivity index (χ4v) is 3.61. The molecule has 32 heavy (non-hydrogen) atoms. The largest absolute Gasteiger partial charge is 0.497 e. The van der Waals surface area contributed by atoms with E-state index in [0.717, 1.165) is 18.7 Å². The van der Waals surface area contributed by atoms with Gasteiger partial charge in [-0.05, 0) is 42.7 Å². The number of hydrogen-bond donors (Lipinski definition) is 2. The fourth-order valence-electron chi connectivity index (χ4n) is 3.61. The van der Waals surface area contributed by atoms with Crippen LogP contribution >= 0.6 is 0 Å². The summed E-state index contributed by atoms with van der Waals surface area (Å²) in [4.78, 5) is 18.6. The number of nitrogens with one attached hydrogen (secondary N) is 2. The van der Waals surface area contributed by atoms with Gasteiger partial charge in [-0.3, -0.25) is 9.79 Å². The maximum atomic E-state index is 12.7. The minimum absolute atomic E-state index is 0.0697. The number of amides is 1. The van der Waals surface area contributed by atoms with Crippen molar-refractivity contribution in [3.8, 4) is 11.5 Å². The van der Waals surface area contributed by atoms with Crippen LogP contribution in [0.25, 0.3) is 0 Å². The maximum Gasteiger partial charge on any atom is 0.387 e. The van der Waals surface area contributed by atoms with E-state index in [4.69, 9.17) is 4.74 Å². The third-order valence-electron chi connectivity index (χ3n) is 5.20. The lowest BCUT2D eigenvalue weighted by Crippen LogP contribution is -2.38. The average Bonchev–Trinajstić information content (AvgIpc) is 3.23. The van der Waals surface area contributed by atoms with Crippen LogP contribution in [0.3, 0.4) is 0 Å². The number of rotatable bonds is 9. The zero-order valence-corrected chi connectivity index (χ0v) is 18.2. The average molecular weight is 446 g/mol. The fraction of sp³-hybridized carbons (Fsp3) is 0.391. The van der Waals surface area contributed by atoms with Crippen LogP contribution in [0.1, 0.15) is 24.0 Å². The first-order valence-corrected chi connectivity index (χ1v) is 10.5. The number of nitrogens with zero attached hydrogens (tertiary/aromatic N) is 2. The Balaban J connectivity index is 1.46. The summed E-state index contributed by atoms with van der Waals surface area (Å²) in [6.45, 7) is -1.44. The van der Waals surface area contributed by atoms with E-state index in [-0.39, 0.29) is 18.2 Å². The number of ether oxygens (including phenoxy) is 2. The van der Waals surface area contributed by atoms with Crippen LogP contribution < -0.4 is 25.0 Å². The molecule has 0 radical (unpaired) electrons. The zero-order valence-electron chi connectivity index (χ0n) is 18.2. The Bertz CT molecular complexity index is 953. The molecular weight excluding hydrogens is 418 g/mol. The lowest BCUT2D eigenvalue weighted by atomic mass is 10.2. The first-order valence-electron chi connectivity index (χ1n) is 10.5. The Hall–Kier alpha value is -3.36. The van der Waals surface area contributed by atoms with Gasteiger partial charge in [0.25, 0.3) is 0 Å². The van der Waals surface area contributed by atoms with Crippen molar-refractivity contribution < 1.29 is 23.0 Å². The number of alkyl halides is 2. The Morgan fingerprint density at radius 3 is 2.78 bits per heavy atom. The molecule has 0 aliphatic carbocycles. The van der Waals surface area contributed by atoms with E-state index in [1.54, 1.807) is 19.2 Å². The highest BCUT2D eigenvalue weighted by molar-refractivity contribution is 5.95. The molecule has 0 aromatic heterocycles. The van der Waals surface area contributed by atoms with Crippen LogP contribution in [0.4, 0.5) is 14.5 Å². The second-order valence-electron chi connectivity index (χ2n) is 7.23. The normalized spacial score (nSPS) is 13.2. The predicted octanol–water partition coefficient (Wildman–Crippen LogP) is 3.33. The van der Waals surface area contributed by atoms with Crippen LogP contribution in [0.2, 0.25) is 0 Å². The summed E-state index contributed by atoms with van der Waals surface area (Å²) in [5.41, 5.74) is 2.72. The second-order valence-corrected chi connectivity index (χ2v) is 7.23. The Kier molecular flexibility index (Phi) is 8.24. The van der Waals surface area contributed by atoms with E-state index in [0.29, 0.717) is 36.7 Å². The Morgan fingerprint density at radius 1 is 1.22 bits per heavy atom. The number of methoxy groups -OCH3 is 1. The molecule has 2 N–H and O–H groups in total. The smallest absolute Gasteiger partial charge is 0.387 e. The molecule has 0 fully saturated rings. The van der Waals surface area contributed by atoms with E-state index >= 15 is 0 Å². The van der Waals surface area contributed by atoms with Crippen LogP contribution in [-0.4, -0.2) is 45.7 Å². The lowest BCUT2D eigenvalue weighted by molar-refractivity contribution is -0.118. The quantitative estimate of drug-likeness (QED) is 0.351. The van der Waals surface area contributed by atoms with Gasteiger partial charge in [-0.2, -0.15) is 8.78 Å². The zero-order chi connectivity index (χ0) is 22.9. The minimum atomic E-state index is -2.92. The van der Waals surface area contributed by atoms with Gasteiger partial charge in [0.05, 0.1) is 7.11 Å². The number of carbonyl (C=O) groups is 1. The molecule has 0 spiro atoms. The van der Waals surface area contributed by atoms with Gasteiger partial charge in [-0.1, -0.05) is 18.2 Å². The van der Waals surface area contributed by atoms with Crippen molar-refractivity contribution in [2.45, 2.75) is 32.4 Å². The standard InChI is InChI=1S/C23H28F2N4O3/c1-26-23(28-15-17-14-18(31-2)9-10-20(17)32-22(24)25)27-12-5-8-21(30)29-13-11-16-6-3-4-7-19(16)29/h3-4,6-7,9-10,14,22H,5,8,11-13,15H2,1-2H3,(H2,26,27,28). The molecule has 0 atom stereocenters. The van der Waals surface area contributed by atoms with Crippen LogP contribution in [0, 0.1) is 0 Å². The molecule has 7 nitrogen and oxygen atoms in total. The van der Waals surface area contributed by atoms with Gasteiger partial charge in [0.2, 0.25) is 5.91 Å². The van der Waals surface area contributed by atoms with Crippen LogP contribution in [-0.2, 0) is 17.8 Å². The number of anilines is 1. The number of fused-ring (bicyclic) bond motifs is 1. The van der Waals surface area contributed by atoms with E-state index in [2.05, 4.69) is 26.4 Å². The van der Waals surface area contributed by atoms with Crippen molar-refractivity contribution in [3.63, 3.8) is 0 Å². The Morgan fingerprint density at radius 2 is 2.03 bits per heavy atom. The number of aliphatic imine (C=N–C) groups is 1. The third-order valence-corrected chi connectivity index (χ3v) is 5.20. The molecular formula is C23H28F2N4O3. The van der Waals surface area contributed by atoms with Crippen molar-refractivity contribution >= 4 is 17.6 Å². The van der Waals surface area contributed by atoms with Gasteiger partial charge in [0, 0.05) is 44.4 Å². The summed E-state index contributed by atoms with van der Waals surface area (Å²) in [6, 6.07) is 12.6. The van der Waals surface area contributed by atoms with Crippen LogP contribution in [0.15, 0.2) is 47.5 Å². The summed E-state index contributed by atoms with van der Waals surface area (Å²) in [5, 5.41) is 6.21. The van der Waals surface area contributed by atoms with Crippen molar-refractivity contribution in [1.29, 1.82) is 0 Å². The molecule has 2 aromatic rings. The van der Waals surface area contributed by atoms with Gasteiger partial charge in [-0.25, -0.2) is 0 Å². The topological polar surface area (TPSA) is 75.2 Å². The molecule has 3 rings (SSSR count). The molecule has 9 heteroatoms. The van der Waals surface area contributed by atoms with E-state index < -0.39 is 6.61 Å². The number of carbonyl (C=O) groups excluding carboxylic acids is 1.